The molecular weight excluding hydrogens is 1080 g/mol. The Kier molecular flexibility index (Phi) is 35.7. The molecule has 0 aromatic rings. The average Bonchev–Trinajstić information content (AvgIpc) is 3.12. The zero-order valence-corrected chi connectivity index (χ0v) is 39.7. The van der Waals surface area contributed by atoms with Crippen LogP contribution in [0, 0.1) is 0 Å². The number of nitrogens with zero attached hydrogens (tertiary/aromatic N) is 3. The summed E-state index contributed by atoms with van der Waals surface area (Å²) in [5.41, 5.74) is -2.59. The van der Waals surface area contributed by atoms with E-state index in [0.29, 0.717) is 14.7 Å². The van der Waals surface area contributed by atoms with Crippen molar-refractivity contribution in [2.45, 2.75) is 50.0 Å². The van der Waals surface area contributed by atoms with E-state index in [9.17, 15) is 72.9 Å². The SMILES string of the molecule is CC(C)(C)NC(COCC(=O)NCC(C(=O)O)N(CC(=O)O)CC(=O)O)(COCC(=O)NCC(C(=O)O)N(CC(=O)O)CC(=O)O)COCC(=O)NCC(C(=O)O)N(CC(=O)O)CC(=O)O.[Ni+3].[Ni+3].[Ni+3]. The molecule has 0 aliphatic carbocycles. The molecule has 0 rings (SSSR count). The third-order valence-electron chi connectivity index (χ3n) is 8.16. The topological polar surface area (TPSA) is 472 Å². The van der Waals surface area contributed by atoms with E-state index in [2.05, 4.69) is 21.3 Å². The molecule has 3 atom stereocenters. The van der Waals surface area contributed by atoms with Gasteiger partial charge in [-0.15, -0.1) is 0 Å². The van der Waals surface area contributed by atoms with Gasteiger partial charge in [0.2, 0.25) is 17.7 Å². The predicted octanol–water partition coefficient (Wildman–Crippen LogP) is -6.72. The third-order valence-corrected chi connectivity index (χ3v) is 8.16. The van der Waals surface area contributed by atoms with Crippen molar-refractivity contribution >= 4 is 71.4 Å². The molecule has 31 nitrogen and oxygen atoms in total. The number of aliphatic carboxylic acids is 9. The fourth-order valence-electron chi connectivity index (χ4n) is 5.82. The van der Waals surface area contributed by atoms with E-state index in [4.69, 9.17) is 44.8 Å². The van der Waals surface area contributed by atoms with Crippen molar-refractivity contribution in [2.24, 2.45) is 0 Å². The van der Waals surface area contributed by atoms with Gasteiger partial charge in [0.25, 0.3) is 0 Å². The molecule has 0 aromatic heterocycles. The van der Waals surface area contributed by atoms with Crippen molar-refractivity contribution in [3.05, 3.63) is 0 Å². The first-order valence-electron chi connectivity index (χ1n) is 19.0. The molecule has 0 aliphatic heterocycles. The van der Waals surface area contributed by atoms with Crippen LogP contribution < -0.4 is 21.3 Å². The smallest absolute Gasteiger partial charge is 0.480 e. The number of nitrogens with one attached hydrogen (secondary N) is 4. The molecule has 0 aromatic carbocycles. The van der Waals surface area contributed by atoms with Crippen LogP contribution in [-0.4, -0.2) is 260 Å². The fourth-order valence-corrected chi connectivity index (χ4v) is 5.82. The van der Waals surface area contributed by atoms with E-state index < -0.39 is 199 Å². The number of amides is 3. The predicted molar refractivity (Wildman–Crippen MR) is 212 cm³/mol. The van der Waals surface area contributed by atoms with Crippen LogP contribution in [0.25, 0.3) is 0 Å². The second kappa shape index (κ2) is 35.0. The Balaban J connectivity index is -0.00000704. The average molecular weight is 1130 g/mol. The minimum atomic E-state index is -1.83. The van der Waals surface area contributed by atoms with Crippen LogP contribution >= 0.6 is 0 Å². The van der Waals surface area contributed by atoms with Crippen LogP contribution in [0.3, 0.4) is 0 Å². The van der Waals surface area contributed by atoms with Gasteiger partial charge in [0.05, 0.1) is 64.6 Å². The second-order valence-corrected chi connectivity index (χ2v) is 15.2. The van der Waals surface area contributed by atoms with Gasteiger partial charge in [-0.05, 0) is 20.8 Å². The molecule has 0 spiro atoms. The monoisotopic (exact) mass is 1130 g/mol. The fraction of sp³-hybridized carbons (Fsp3) is 0.657. The zero-order chi connectivity index (χ0) is 50.9. The van der Waals surface area contributed by atoms with Gasteiger partial charge in [0, 0.05) is 25.2 Å². The number of ether oxygens (including phenoxy) is 3. The Hall–Kier alpha value is -5.16. The molecule has 0 saturated carbocycles. The van der Waals surface area contributed by atoms with Gasteiger partial charge in [0.15, 0.2) is 0 Å². The summed E-state index contributed by atoms with van der Waals surface area (Å²) in [6.07, 6.45) is 0. The maximum absolute atomic E-state index is 12.8. The molecule has 395 valence electrons. The molecular formula is C35H55N7Ni3O24+9. The van der Waals surface area contributed by atoms with Crippen LogP contribution in [0.15, 0.2) is 0 Å². The summed E-state index contributed by atoms with van der Waals surface area (Å²) in [4.78, 5) is 143. The minimum absolute atomic E-state index is 0. The summed E-state index contributed by atoms with van der Waals surface area (Å²) in [6, 6.07) is -5.48. The summed E-state index contributed by atoms with van der Waals surface area (Å²) < 4.78 is 16.7. The summed E-state index contributed by atoms with van der Waals surface area (Å²) in [5.74, 6) is -17.4. The maximum atomic E-state index is 12.8. The van der Waals surface area contributed by atoms with Gasteiger partial charge < -0.3 is 81.4 Å². The van der Waals surface area contributed by atoms with Crippen LogP contribution in [0.4, 0.5) is 0 Å². The van der Waals surface area contributed by atoms with E-state index in [1.54, 1.807) is 20.8 Å². The van der Waals surface area contributed by atoms with E-state index >= 15 is 0 Å². The number of carbonyl (C=O) groups is 12. The Labute approximate surface area is 421 Å². The van der Waals surface area contributed by atoms with E-state index in [1.165, 1.54) is 0 Å². The molecule has 0 saturated heterocycles. The van der Waals surface area contributed by atoms with Crippen molar-refractivity contribution < 1.29 is 167 Å². The normalized spacial score (nSPS) is 13.1. The molecule has 3 amide bonds. The molecule has 3 unspecified atom stereocenters. The van der Waals surface area contributed by atoms with Gasteiger partial charge in [-0.2, -0.15) is 0 Å². The number of rotatable bonds is 37. The summed E-state index contributed by atoms with van der Waals surface area (Å²) in [5, 5.41) is 93.2. The molecule has 34 heteroatoms. The van der Waals surface area contributed by atoms with Crippen LogP contribution in [0.1, 0.15) is 20.8 Å². The molecule has 0 heterocycles. The molecule has 13 N–H and O–H groups in total. The van der Waals surface area contributed by atoms with Crippen molar-refractivity contribution in [3.8, 4) is 0 Å². The van der Waals surface area contributed by atoms with Crippen LogP contribution in [0.5, 0.6) is 0 Å². The summed E-state index contributed by atoms with van der Waals surface area (Å²) in [7, 11) is 0. The van der Waals surface area contributed by atoms with Crippen molar-refractivity contribution in [1.29, 1.82) is 0 Å². The Morgan fingerprint density at radius 2 is 0.609 bits per heavy atom. The second-order valence-electron chi connectivity index (χ2n) is 15.2. The van der Waals surface area contributed by atoms with Gasteiger partial charge in [-0.1, -0.05) is 0 Å². The Bertz CT molecular complexity index is 1540. The molecule has 0 aliphatic rings. The maximum Gasteiger partial charge on any atom is 3.00 e. The molecule has 69 heavy (non-hydrogen) atoms. The third kappa shape index (κ3) is 32.3. The molecule has 0 bridgehead atoms. The van der Waals surface area contributed by atoms with E-state index in [0.717, 1.165) is 0 Å². The molecule has 3 radical (unpaired) electrons. The first-order valence-corrected chi connectivity index (χ1v) is 19.0. The van der Waals surface area contributed by atoms with Crippen molar-refractivity contribution in [1.82, 2.24) is 36.0 Å². The van der Waals surface area contributed by atoms with Crippen LogP contribution in [-0.2, 0) is 121 Å². The quantitative estimate of drug-likeness (QED) is 0.0257. The summed E-state index contributed by atoms with van der Waals surface area (Å²) >= 11 is 0. The van der Waals surface area contributed by atoms with Crippen molar-refractivity contribution in [2.75, 3.05) is 98.5 Å². The summed E-state index contributed by atoms with van der Waals surface area (Å²) in [6.45, 7) is -8.02. The first-order chi connectivity index (χ1) is 30.5. The Morgan fingerprint density at radius 3 is 0.768 bits per heavy atom. The molecule has 0 fully saturated rings. The largest absolute Gasteiger partial charge is 3.00 e. The van der Waals surface area contributed by atoms with Gasteiger partial charge in [-0.25, -0.2) is 0 Å². The van der Waals surface area contributed by atoms with Crippen LogP contribution in [0.2, 0.25) is 0 Å². The van der Waals surface area contributed by atoms with Gasteiger partial charge in [0.1, 0.15) is 37.9 Å². The number of carboxylic acid groups (broad SMARTS) is 9. The number of hydrogen-bond acceptors (Lipinski definition) is 19. The minimum Gasteiger partial charge on any atom is -0.480 e. The van der Waals surface area contributed by atoms with E-state index in [1.807, 2.05) is 0 Å². The van der Waals surface area contributed by atoms with Gasteiger partial charge in [-0.3, -0.25) is 72.2 Å². The number of carboxylic acids is 9. The Morgan fingerprint density at radius 1 is 0.406 bits per heavy atom. The standard InChI is InChI=1S/C35H55N7O24.3Ni/c1-34(2,3)39-35(16-64-13-22(43)36-4-19(31(58)59)40(7-25(46)47)8-26(48)49,17-65-14-23(44)37-5-20(32(60)61)41(9-27(50)51)10-28(52)53)18-66-15-24(45)38-6-21(33(62)63)42(11-29(54)55)12-30(56)57;;;/h19-21,39H,4-18H2,1-3H3,(H,36,43)(H,37,44)(H,38,45)(H,46,47)(H,48,49)(H,50,51)(H,52,53)(H,54,55)(H,56,57)(H,58,59)(H,60,61)(H,62,63);;;/q;3*+3. The van der Waals surface area contributed by atoms with E-state index in [-0.39, 0.29) is 49.5 Å². The number of hydrogen-bond donors (Lipinski definition) is 13. The first kappa shape index (κ1) is 70.4. The van der Waals surface area contributed by atoms with Crippen molar-refractivity contribution in [3.63, 3.8) is 0 Å². The zero-order valence-electron chi connectivity index (χ0n) is 36.8. The number of carbonyl (C=O) groups excluding carboxylic acids is 3. The van der Waals surface area contributed by atoms with Gasteiger partial charge >= 0.3 is 103 Å².